The van der Waals surface area contributed by atoms with Crippen LogP contribution in [0.4, 0.5) is 0 Å². The lowest BCUT2D eigenvalue weighted by atomic mass is 10.0. The number of nitrogens with one attached hydrogen (secondary N) is 1. The van der Waals surface area contributed by atoms with Crippen molar-refractivity contribution in [3.8, 4) is 0 Å². The summed E-state index contributed by atoms with van der Waals surface area (Å²) in [6, 6.07) is 11.6. The van der Waals surface area contributed by atoms with E-state index >= 15 is 0 Å². The highest BCUT2D eigenvalue weighted by atomic mass is 16.1. The fourth-order valence-electron chi connectivity index (χ4n) is 2.66. The van der Waals surface area contributed by atoms with Gasteiger partial charge in [-0.05, 0) is 50.1 Å². The Kier molecular flexibility index (Phi) is 4.13. The van der Waals surface area contributed by atoms with Crippen LogP contribution >= 0.6 is 0 Å². The van der Waals surface area contributed by atoms with Crippen LogP contribution in [0, 0.1) is 20.8 Å². The number of H-pyrrole nitrogens is 1. The number of fused-ring (bicyclic) bond motifs is 1. The predicted molar refractivity (Wildman–Crippen MR) is 96.4 cm³/mol. The lowest BCUT2D eigenvalue weighted by Crippen LogP contribution is -2.19. The van der Waals surface area contributed by atoms with E-state index in [-0.39, 0.29) is 11.3 Å². The van der Waals surface area contributed by atoms with E-state index in [9.17, 15) is 9.59 Å². The fraction of sp³-hybridized carbons (Fsp3) is 0.150. The molecule has 24 heavy (non-hydrogen) atoms. The molecule has 0 aliphatic carbocycles. The number of aromatic nitrogens is 2. The summed E-state index contributed by atoms with van der Waals surface area (Å²) in [4.78, 5) is 31.8. The van der Waals surface area contributed by atoms with Gasteiger partial charge in [-0.25, -0.2) is 4.98 Å². The summed E-state index contributed by atoms with van der Waals surface area (Å²) in [5, 5.41) is 0.785. The molecule has 120 valence electrons. The molecule has 0 bridgehead atoms. The summed E-state index contributed by atoms with van der Waals surface area (Å²) in [5.41, 5.74) is 3.81. The number of allylic oxidation sites excluding steroid dienone is 1. The second kappa shape index (κ2) is 6.24. The minimum absolute atomic E-state index is 0.163. The molecule has 0 aliphatic rings. The monoisotopic (exact) mass is 318 g/mol. The SMILES string of the molecule is Cc1ccc(C=CC(=O)c2c(C)c3ccc(C)nc3[nH]c2=O)cc1. The molecule has 0 unspecified atom stereocenters. The molecule has 1 aromatic carbocycles. The first-order valence-corrected chi connectivity index (χ1v) is 7.75. The van der Waals surface area contributed by atoms with Crippen molar-refractivity contribution < 1.29 is 4.79 Å². The molecule has 0 aliphatic heterocycles. The van der Waals surface area contributed by atoms with Crippen LogP contribution in [0.3, 0.4) is 0 Å². The van der Waals surface area contributed by atoms with E-state index in [0.29, 0.717) is 11.2 Å². The Morgan fingerprint density at radius 2 is 1.75 bits per heavy atom. The number of aryl methyl sites for hydroxylation is 3. The lowest BCUT2D eigenvalue weighted by Gasteiger charge is -2.06. The van der Waals surface area contributed by atoms with E-state index in [4.69, 9.17) is 0 Å². The maximum Gasteiger partial charge on any atom is 0.261 e. The van der Waals surface area contributed by atoms with Crippen molar-refractivity contribution in [2.24, 2.45) is 0 Å². The summed E-state index contributed by atoms with van der Waals surface area (Å²) < 4.78 is 0. The first-order valence-electron chi connectivity index (χ1n) is 7.75. The van der Waals surface area contributed by atoms with Gasteiger partial charge in [-0.15, -0.1) is 0 Å². The first-order chi connectivity index (χ1) is 11.5. The topological polar surface area (TPSA) is 62.8 Å². The van der Waals surface area contributed by atoms with Gasteiger partial charge in [0.05, 0.1) is 5.56 Å². The van der Waals surface area contributed by atoms with Crippen molar-refractivity contribution >= 4 is 22.9 Å². The molecule has 2 aromatic heterocycles. The molecular formula is C20H18N2O2. The average molecular weight is 318 g/mol. The second-order valence-electron chi connectivity index (χ2n) is 5.91. The molecule has 1 N–H and O–H groups in total. The molecule has 3 rings (SSSR count). The van der Waals surface area contributed by atoms with Crippen molar-refractivity contribution in [3.05, 3.63) is 80.8 Å². The Hall–Kier alpha value is -3.01. The zero-order valence-electron chi connectivity index (χ0n) is 13.9. The van der Waals surface area contributed by atoms with Crippen LogP contribution in [-0.4, -0.2) is 15.8 Å². The number of carbonyl (C=O) groups excluding carboxylic acids is 1. The maximum atomic E-state index is 12.5. The number of benzene rings is 1. The number of aromatic amines is 1. The number of carbonyl (C=O) groups is 1. The van der Waals surface area contributed by atoms with Crippen LogP contribution in [0.25, 0.3) is 17.1 Å². The largest absolute Gasteiger partial charge is 0.306 e. The van der Waals surface area contributed by atoms with E-state index < -0.39 is 5.56 Å². The van der Waals surface area contributed by atoms with Gasteiger partial charge in [0.25, 0.3) is 5.56 Å². The summed E-state index contributed by atoms with van der Waals surface area (Å²) >= 11 is 0. The van der Waals surface area contributed by atoms with Crippen molar-refractivity contribution in [2.75, 3.05) is 0 Å². The van der Waals surface area contributed by atoms with Gasteiger partial charge in [-0.1, -0.05) is 35.9 Å². The van der Waals surface area contributed by atoms with Gasteiger partial charge in [0.15, 0.2) is 5.78 Å². The molecule has 4 heteroatoms. The highest BCUT2D eigenvalue weighted by molar-refractivity contribution is 6.09. The van der Waals surface area contributed by atoms with Gasteiger partial charge in [0.2, 0.25) is 0 Å². The molecule has 0 amide bonds. The fourth-order valence-corrected chi connectivity index (χ4v) is 2.66. The second-order valence-corrected chi connectivity index (χ2v) is 5.91. The van der Waals surface area contributed by atoms with Gasteiger partial charge in [0, 0.05) is 11.1 Å². The number of ketones is 1. The summed E-state index contributed by atoms with van der Waals surface area (Å²) in [7, 11) is 0. The van der Waals surface area contributed by atoms with Gasteiger partial charge in [0.1, 0.15) is 5.65 Å². The molecule has 0 radical (unpaired) electrons. The van der Waals surface area contributed by atoms with Crippen LogP contribution in [-0.2, 0) is 0 Å². The third-order valence-electron chi connectivity index (χ3n) is 4.02. The number of hydrogen-bond donors (Lipinski definition) is 1. The highest BCUT2D eigenvalue weighted by Crippen LogP contribution is 2.17. The van der Waals surface area contributed by atoms with E-state index in [1.165, 1.54) is 6.08 Å². The van der Waals surface area contributed by atoms with Crippen molar-refractivity contribution in [1.29, 1.82) is 0 Å². The summed E-state index contributed by atoms with van der Waals surface area (Å²) in [6.45, 7) is 5.64. The van der Waals surface area contributed by atoms with Gasteiger partial charge < -0.3 is 4.98 Å². The standard InChI is InChI=1S/C20H18N2O2/c1-12-4-7-15(8-5-12)9-11-17(23)18-14(3)16-10-6-13(2)21-19(16)22-20(18)24/h4-11H,1-3H3,(H,21,22,24). The maximum absolute atomic E-state index is 12.5. The van der Waals surface area contributed by atoms with Gasteiger partial charge >= 0.3 is 0 Å². The minimum Gasteiger partial charge on any atom is -0.306 e. The molecule has 2 heterocycles. The number of pyridine rings is 2. The molecule has 0 saturated heterocycles. The third kappa shape index (κ3) is 3.04. The summed E-state index contributed by atoms with van der Waals surface area (Å²) in [6.07, 6.45) is 3.16. The Balaban J connectivity index is 2.02. The average Bonchev–Trinajstić information content (AvgIpc) is 2.54. The van der Waals surface area contributed by atoms with Crippen LogP contribution < -0.4 is 5.56 Å². The number of rotatable bonds is 3. The molecule has 0 fully saturated rings. The summed E-state index contributed by atoms with van der Waals surface area (Å²) in [5.74, 6) is -0.309. The van der Waals surface area contributed by atoms with Crippen molar-refractivity contribution in [2.45, 2.75) is 20.8 Å². The molecular weight excluding hydrogens is 300 g/mol. The predicted octanol–water partition coefficient (Wildman–Crippen LogP) is 3.74. The lowest BCUT2D eigenvalue weighted by molar-refractivity contribution is 0.104. The van der Waals surface area contributed by atoms with Crippen LogP contribution in [0.1, 0.15) is 32.7 Å². The quantitative estimate of drug-likeness (QED) is 0.591. The van der Waals surface area contributed by atoms with Crippen LogP contribution in [0.15, 0.2) is 47.3 Å². The van der Waals surface area contributed by atoms with Crippen LogP contribution in [0.5, 0.6) is 0 Å². The Labute approximate surface area is 139 Å². The van der Waals surface area contributed by atoms with Gasteiger partial charge in [-0.3, -0.25) is 9.59 Å². The molecule has 0 atom stereocenters. The Morgan fingerprint density at radius 3 is 2.46 bits per heavy atom. The molecule has 3 aromatic rings. The van der Waals surface area contributed by atoms with E-state index in [2.05, 4.69) is 9.97 Å². The molecule has 0 spiro atoms. The van der Waals surface area contributed by atoms with Crippen molar-refractivity contribution in [3.63, 3.8) is 0 Å². The zero-order valence-corrected chi connectivity index (χ0v) is 13.9. The van der Waals surface area contributed by atoms with E-state index in [1.54, 1.807) is 13.0 Å². The van der Waals surface area contributed by atoms with Gasteiger partial charge in [-0.2, -0.15) is 0 Å². The third-order valence-corrected chi connectivity index (χ3v) is 4.02. The Bertz CT molecular complexity index is 1010. The molecule has 0 saturated carbocycles. The zero-order chi connectivity index (χ0) is 17.3. The highest BCUT2D eigenvalue weighted by Gasteiger charge is 2.15. The molecule has 4 nitrogen and oxygen atoms in total. The van der Waals surface area contributed by atoms with E-state index in [0.717, 1.165) is 22.2 Å². The Morgan fingerprint density at radius 1 is 1.04 bits per heavy atom. The number of nitrogens with zero attached hydrogens (tertiary/aromatic N) is 1. The first kappa shape index (κ1) is 15.9. The minimum atomic E-state index is -0.406. The van der Waals surface area contributed by atoms with Crippen LogP contribution in [0.2, 0.25) is 0 Å². The normalized spacial score (nSPS) is 11.3. The van der Waals surface area contributed by atoms with Crippen molar-refractivity contribution in [1.82, 2.24) is 9.97 Å². The smallest absolute Gasteiger partial charge is 0.261 e. The van der Waals surface area contributed by atoms with E-state index in [1.807, 2.05) is 50.2 Å². The number of hydrogen-bond acceptors (Lipinski definition) is 3.